The fraction of sp³-hybridized carbons (Fsp3) is 0.600. The van der Waals surface area contributed by atoms with Gasteiger partial charge in [-0.05, 0) is 19.8 Å². The third-order valence-corrected chi connectivity index (χ3v) is 7.72. The molecule has 1 aromatic heterocycles. The van der Waals surface area contributed by atoms with E-state index < -0.39 is 10.2 Å². The molecule has 2 fully saturated rings. The first kappa shape index (κ1) is 20.5. The highest BCUT2D eigenvalue weighted by Crippen LogP contribution is 2.20. The maximum atomic E-state index is 12.9. The summed E-state index contributed by atoms with van der Waals surface area (Å²) < 4.78 is 34.6. The lowest BCUT2D eigenvalue weighted by Crippen LogP contribution is -2.52. The first-order chi connectivity index (χ1) is 14.0. The van der Waals surface area contributed by atoms with Crippen LogP contribution in [0.4, 0.5) is 0 Å². The molecule has 1 aromatic carbocycles. The Morgan fingerprint density at radius 2 is 1.52 bits per heavy atom. The molecule has 2 aromatic rings. The quantitative estimate of drug-likeness (QED) is 0.739. The second-order valence-corrected chi connectivity index (χ2v) is 9.80. The molecule has 2 saturated heterocycles. The van der Waals surface area contributed by atoms with Crippen molar-refractivity contribution >= 4 is 10.2 Å². The van der Waals surface area contributed by atoms with E-state index in [9.17, 15) is 8.42 Å². The third kappa shape index (κ3) is 4.85. The van der Waals surface area contributed by atoms with Crippen molar-refractivity contribution in [1.82, 2.24) is 23.7 Å². The highest BCUT2D eigenvalue weighted by atomic mass is 32.2. The summed E-state index contributed by atoms with van der Waals surface area (Å²) in [6, 6.07) is 8.01. The molecule has 158 valence electrons. The largest absolute Gasteiger partial charge is 0.338 e. The molecule has 0 unspecified atom stereocenters. The zero-order valence-corrected chi connectivity index (χ0v) is 17.8. The second kappa shape index (κ2) is 8.91. The number of rotatable bonds is 5. The van der Waals surface area contributed by atoms with Crippen LogP contribution in [0.5, 0.6) is 0 Å². The lowest BCUT2D eigenvalue weighted by atomic mass is 10.1. The van der Waals surface area contributed by atoms with Crippen LogP contribution in [0.2, 0.25) is 0 Å². The molecule has 2 aliphatic heterocycles. The van der Waals surface area contributed by atoms with Crippen molar-refractivity contribution in [1.29, 1.82) is 0 Å². The van der Waals surface area contributed by atoms with Crippen LogP contribution >= 0.6 is 0 Å². The van der Waals surface area contributed by atoms with Crippen molar-refractivity contribution in [3.63, 3.8) is 0 Å². The van der Waals surface area contributed by atoms with Gasteiger partial charge in [0.25, 0.3) is 10.2 Å². The molecule has 8 nitrogen and oxygen atoms in total. The summed E-state index contributed by atoms with van der Waals surface area (Å²) >= 11 is 0. The second-order valence-electron chi connectivity index (χ2n) is 7.87. The minimum Gasteiger partial charge on any atom is -0.338 e. The number of benzene rings is 1. The van der Waals surface area contributed by atoms with Gasteiger partial charge in [-0.1, -0.05) is 47.8 Å². The Balaban J connectivity index is 1.32. The van der Waals surface area contributed by atoms with Crippen LogP contribution in [0, 0.1) is 6.92 Å². The fourth-order valence-electron chi connectivity index (χ4n) is 3.88. The lowest BCUT2D eigenvalue weighted by molar-refractivity contribution is 0.158. The van der Waals surface area contributed by atoms with E-state index in [1.54, 1.807) is 8.61 Å². The predicted octanol–water partition coefficient (Wildman–Crippen LogP) is 2.28. The molecule has 0 atom stereocenters. The van der Waals surface area contributed by atoms with Gasteiger partial charge in [0.05, 0.1) is 6.54 Å². The van der Waals surface area contributed by atoms with Crippen LogP contribution in [0.15, 0.2) is 28.8 Å². The molecular formula is C20H29N5O3S. The summed E-state index contributed by atoms with van der Waals surface area (Å²) in [5.74, 6) is 1.15. The van der Waals surface area contributed by atoms with E-state index in [0.717, 1.165) is 31.2 Å². The summed E-state index contributed by atoms with van der Waals surface area (Å²) in [5.41, 5.74) is 2.12. The SMILES string of the molecule is Cc1ccc(-c2noc(CN3CCN(S(=O)(=O)N4CCCCCC4)CC3)n2)cc1. The maximum Gasteiger partial charge on any atom is 0.282 e. The fourth-order valence-corrected chi connectivity index (χ4v) is 5.56. The molecule has 0 amide bonds. The molecule has 2 aliphatic rings. The Bertz CT molecular complexity index is 896. The predicted molar refractivity (Wildman–Crippen MR) is 110 cm³/mol. The van der Waals surface area contributed by atoms with E-state index in [2.05, 4.69) is 15.0 Å². The Morgan fingerprint density at radius 3 is 2.17 bits per heavy atom. The first-order valence-electron chi connectivity index (χ1n) is 10.4. The molecule has 0 saturated carbocycles. The summed E-state index contributed by atoms with van der Waals surface area (Å²) in [4.78, 5) is 6.66. The van der Waals surface area contributed by atoms with Gasteiger partial charge >= 0.3 is 0 Å². The number of nitrogens with zero attached hydrogens (tertiary/aromatic N) is 5. The van der Waals surface area contributed by atoms with E-state index in [-0.39, 0.29) is 0 Å². The molecule has 4 rings (SSSR count). The Morgan fingerprint density at radius 1 is 0.897 bits per heavy atom. The van der Waals surface area contributed by atoms with Crippen LogP contribution in [-0.2, 0) is 16.8 Å². The average molecular weight is 420 g/mol. The molecule has 0 aliphatic carbocycles. The Labute approximate surface area is 172 Å². The van der Waals surface area contributed by atoms with E-state index in [0.29, 0.717) is 57.5 Å². The summed E-state index contributed by atoms with van der Waals surface area (Å²) in [7, 11) is -3.35. The molecule has 0 spiro atoms. The zero-order valence-electron chi connectivity index (χ0n) is 17.0. The molecule has 3 heterocycles. The first-order valence-corrected chi connectivity index (χ1v) is 11.8. The van der Waals surface area contributed by atoms with Crippen molar-refractivity contribution in [2.75, 3.05) is 39.3 Å². The summed E-state index contributed by atoms with van der Waals surface area (Å²) in [6.07, 6.45) is 4.16. The van der Waals surface area contributed by atoms with Crippen LogP contribution in [0.25, 0.3) is 11.4 Å². The molecule has 29 heavy (non-hydrogen) atoms. The van der Waals surface area contributed by atoms with Crippen molar-refractivity contribution in [3.8, 4) is 11.4 Å². The van der Waals surface area contributed by atoms with E-state index in [1.165, 1.54) is 5.56 Å². The lowest BCUT2D eigenvalue weighted by Gasteiger charge is -2.35. The van der Waals surface area contributed by atoms with Gasteiger partial charge in [0.15, 0.2) is 0 Å². The number of aryl methyl sites for hydroxylation is 1. The highest BCUT2D eigenvalue weighted by molar-refractivity contribution is 7.86. The van der Waals surface area contributed by atoms with Gasteiger partial charge in [-0.25, -0.2) is 0 Å². The minimum absolute atomic E-state index is 0.498. The highest BCUT2D eigenvalue weighted by Gasteiger charge is 2.32. The van der Waals surface area contributed by atoms with Crippen molar-refractivity contribution in [3.05, 3.63) is 35.7 Å². The van der Waals surface area contributed by atoms with Crippen LogP contribution in [-0.4, -0.2) is 71.3 Å². The van der Waals surface area contributed by atoms with Crippen molar-refractivity contribution in [2.45, 2.75) is 39.2 Å². The molecule has 0 N–H and O–H groups in total. The van der Waals surface area contributed by atoms with E-state index in [4.69, 9.17) is 4.52 Å². The third-order valence-electron chi connectivity index (χ3n) is 5.69. The molecule has 9 heteroatoms. The van der Waals surface area contributed by atoms with Gasteiger partial charge < -0.3 is 4.52 Å². The van der Waals surface area contributed by atoms with Crippen LogP contribution < -0.4 is 0 Å². The monoisotopic (exact) mass is 419 g/mol. The van der Waals surface area contributed by atoms with Crippen LogP contribution in [0.1, 0.15) is 37.1 Å². The maximum absolute atomic E-state index is 12.9. The number of hydrogen-bond donors (Lipinski definition) is 0. The van der Waals surface area contributed by atoms with Gasteiger partial charge in [-0.15, -0.1) is 0 Å². The standard InChI is InChI=1S/C20H29N5O3S/c1-17-6-8-18(9-7-17)20-21-19(28-22-20)16-23-12-14-25(15-13-23)29(26,27)24-10-4-2-3-5-11-24/h6-9H,2-5,10-16H2,1H3. The van der Waals surface area contributed by atoms with Gasteiger partial charge in [0.1, 0.15) is 0 Å². The van der Waals surface area contributed by atoms with E-state index >= 15 is 0 Å². The topological polar surface area (TPSA) is 82.8 Å². The molecule has 0 bridgehead atoms. The zero-order chi connectivity index (χ0) is 20.3. The summed E-state index contributed by atoms with van der Waals surface area (Å²) in [6.45, 7) is 6.19. The summed E-state index contributed by atoms with van der Waals surface area (Å²) in [5, 5.41) is 4.08. The number of hydrogen-bond acceptors (Lipinski definition) is 6. The number of piperazine rings is 1. The smallest absolute Gasteiger partial charge is 0.282 e. The van der Waals surface area contributed by atoms with Gasteiger partial charge in [0, 0.05) is 44.8 Å². The number of aromatic nitrogens is 2. The van der Waals surface area contributed by atoms with Gasteiger partial charge in [-0.3, -0.25) is 4.90 Å². The van der Waals surface area contributed by atoms with Crippen LogP contribution in [0.3, 0.4) is 0 Å². The Hall–Kier alpha value is -1.81. The molecule has 0 radical (unpaired) electrons. The average Bonchev–Trinajstić information content (AvgIpc) is 3.00. The van der Waals surface area contributed by atoms with Gasteiger partial charge in [0.2, 0.25) is 11.7 Å². The van der Waals surface area contributed by atoms with Crippen molar-refractivity contribution < 1.29 is 12.9 Å². The van der Waals surface area contributed by atoms with Crippen molar-refractivity contribution in [2.24, 2.45) is 0 Å². The Kier molecular flexibility index (Phi) is 6.29. The normalized spacial score (nSPS) is 20.6. The van der Waals surface area contributed by atoms with Gasteiger partial charge in [-0.2, -0.15) is 22.0 Å². The molecular weight excluding hydrogens is 390 g/mol. The van der Waals surface area contributed by atoms with E-state index in [1.807, 2.05) is 31.2 Å². The minimum atomic E-state index is -3.35.